The monoisotopic (exact) mass is 460 g/mol. The Balaban J connectivity index is 1.60. The predicted octanol–water partition coefficient (Wildman–Crippen LogP) is 1.75. The lowest BCUT2D eigenvalue weighted by Gasteiger charge is -2.17. The van der Waals surface area contributed by atoms with Crippen molar-refractivity contribution in [3.05, 3.63) is 48.2 Å². The molecule has 4 aromatic heterocycles. The summed E-state index contributed by atoms with van der Waals surface area (Å²) in [6.45, 7) is 2.04. The van der Waals surface area contributed by atoms with Gasteiger partial charge in [0.25, 0.3) is 0 Å². The van der Waals surface area contributed by atoms with Gasteiger partial charge in [0, 0.05) is 11.8 Å². The quantitative estimate of drug-likeness (QED) is 0.418. The fourth-order valence-corrected chi connectivity index (χ4v) is 3.65. The highest BCUT2D eigenvalue weighted by molar-refractivity contribution is 7.90. The van der Waals surface area contributed by atoms with Crippen LogP contribution in [0.25, 0.3) is 17.0 Å². The summed E-state index contributed by atoms with van der Waals surface area (Å²) in [5.74, 6) is 0.334. The number of hydrogen-bond acceptors (Lipinski definition) is 9. The number of aromatic nitrogens is 7. The highest BCUT2D eigenvalue weighted by Crippen LogP contribution is 2.26. The average Bonchev–Trinajstić information content (AvgIpc) is 3.38. The highest BCUT2D eigenvalue weighted by Gasteiger charge is 2.16. The molecule has 4 heterocycles. The zero-order valence-electron chi connectivity index (χ0n) is 17.6. The molecule has 0 radical (unpaired) electrons. The number of nitrogens with zero attached hydrogens (tertiary/aromatic N) is 7. The maximum atomic E-state index is 13.7. The summed E-state index contributed by atoms with van der Waals surface area (Å²) >= 11 is 0. The molecule has 0 saturated carbocycles. The summed E-state index contributed by atoms with van der Waals surface area (Å²) < 4.78 is 44.7. The van der Waals surface area contributed by atoms with Crippen LogP contribution in [-0.4, -0.2) is 62.1 Å². The molecular weight excluding hydrogens is 439 g/mol. The first kappa shape index (κ1) is 21.6. The van der Waals surface area contributed by atoms with Gasteiger partial charge in [0.1, 0.15) is 32.9 Å². The van der Waals surface area contributed by atoms with Gasteiger partial charge in [-0.2, -0.15) is 0 Å². The maximum absolute atomic E-state index is 13.7. The molecule has 4 rings (SSSR count). The van der Waals surface area contributed by atoms with Gasteiger partial charge in [0.05, 0.1) is 44.0 Å². The minimum atomic E-state index is -3.11. The average molecular weight is 460 g/mol. The summed E-state index contributed by atoms with van der Waals surface area (Å²) in [5.41, 5.74) is 2.23. The van der Waals surface area contributed by atoms with Crippen molar-refractivity contribution in [1.29, 1.82) is 0 Å². The summed E-state index contributed by atoms with van der Waals surface area (Å²) in [6.07, 6.45) is 5.52. The van der Waals surface area contributed by atoms with E-state index in [0.29, 0.717) is 34.3 Å². The fourth-order valence-electron chi connectivity index (χ4n) is 3.13. The number of aryl methyl sites for hydroxylation is 1. The Kier molecular flexibility index (Phi) is 5.74. The van der Waals surface area contributed by atoms with Gasteiger partial charge >= 0.3 is 0 Å². The molecule has 1 N–H and O–H groups in total. The van der Waals surface area contributed by atoms with Crippen molar-refractivity contribution in [2.45, 2.75) is 19.5 Å². The van der Waals surface area contributed by atoms with Crippen LogP contribution in [0.2, 0.25) is 0 Å². The largest absolute Gasteiger partial charge is 0.481 e. The summed E-state index contributed by atoms with van der Waals surface area (Å²) in [7, 11) is -1.64. The fraction of sp³-hybridized carbons (Fsp3) is 0.316. The number of hydrogen-bond donors (Lipinski definition) is 1. The first-order valence-corrected chi connectivity index (χ1v) is 11.7. The van der Waals surface area contributed by atoms with E-state index >= 15 is 0 Å². The molecule has 13 heteroatoms. The van der Waals surface area contributed by atoms with Crippen molar-refractivity contribution < 1.29 is 17.5 Å². The van der Waals surface area contributed by atoms with Crippen molar-refractivity contribution in [2.24, 2.45) is 0 Å². The highest BCUT2D eigenvalue weighted by atomic mass is 32.2. The number of pyridine rings is 1. The Hall–Kier alpha value is -3.61. The molecule has 0 saturated heterocycles. The van der Waals surface area contributed by atoms with E-state index in [1.54, 1.807) is 29.0 Å². The lowest BCUT2D eigenvalue weighted by atomic mass is 10.1. The molecule has 1 atom stereocenters. The Labute approximate surface area is 183 Å². The van der Waals surface area contributed by atoms with E-state index in [2.05, 4.69) is 30.7 Å². The third-order valence-corrected chi connectivity index (χ3v) is 5.65. The van der Waals surface area contributed by atoms with Gasteiger partial charge in [0.2, 0.25) is 5.88 Å². The van der Waals surface area contributed by atoms with Crippen molar-refractivity contribution in [3.63, 3.8) is 0 Å². The van der Waals surface area contributed by atoms with E-state index in [9.17, 15) is 12.8 Å². The molecule has 0 aromatic carbocycles. The van der Waals surface area contributed by atoms with Gasteiger partial charge in [0.15, 0.2) is 5.65 Å². The number of halogens is 1. The zero-order valence-corrected chi connectivity index (χ0v) is 18.4. The number of anilines is 1. The molecule has 0 spiro atoms. The van der Waals surface area contributed by atoms with Gasteiger partial charge in [-0.25, -0.2) is 27.3 Å². The van der Waals surface area contributed by atoms with Crippen molar-refractivity contribution in [1.82, 2.24) is 34.6 Å². The number of ether oxygens (including phenoxy) is 1. The maximum Gasteiger partial charge on any atom is 0.218 e. The summed E-state index contributed by atoms with van der Waals surface area (Å²) in [4.78, 5) is 8.29. The number of rotatable bonds is 8. The number of fused-ring (bicyclic) bond motifs is 1. The number of methoxy groups -OCH3 is 1. The molecule has 0 fully saturated rings. The van der Waals surface area contributed by atoms with E-state index in [-0.39, 0.29) is 18.3 Å². The van der Waals surface area contributed by atoms with E-state index in [1.165, 1.54) is 24.1 Å². The Morgan fingerprint density at radius 3 is 2.81 bits per heavy atom. The molecule has 0 aliphatic carbocycles. The second-order valence-corrected chi connectivity index (χ2v) is 9.51. The number of imidazole rings is 1. The first-order chi connectivity index (χ1) is 15.2. The van der Waals surface area contributed by atoms with Crippen molar-refractivity contribution in [2.75, 3.05) is 24.4 Å². The third kappa shape index (κ3) is 4.66. The smallest absolute Gasteiger partial charge is 0.218 e. The van der Waals surface area contributed by atoms with Gasteiger partial charge < -0.3 is 10.1 Å². The van der Waals surface area contributed by atoms with Gasteiger partial charge in [-0.05, 0) is 25.1 Å². The van der Waals surface area contributed by atoms with E-state index in [1.807, 2.05) is 6.92 Å². The van der Waals surface area contributed by atoms with Crippen LogP contribution in [-0.2, 0) is 16.4 Å². The molecule has 11 nitrogen and oxygen atoms in total. The Morgan fingerprint density at radius 1 is 1.25 bits per heavy atom. The lowest BCUT2D eigenvalue weighted by Crippen LogP contribution is -2.12. The van der Waals surface area contributed by atoms with Crippen molar-refractivity contribution in [3.8, 4) is 17.3 Å². The van der Waals surface area contributed by atoms with E-state index in [0.717, 1.165) is 6.20 Å². The molecule has 0 amide bonds. The topological polar surface area (TPSA) is 129 Å². The van der Waals surface area contributed by atoms with Gasteiger partial charge in [-0.3, -0.25) is 4.68 Å². The Morgan fingerprint density at radius 2 is 2.06 bits per heavy atom. The molecule has 0 bridgehead atoms. The van der Waals surface area contributed by atoms with Crippen LogP contribution in [0.15, 0.2) is 36.8 Å². The minimum Gasteiger partial charge on any atom is -0.481 e. The molecule has 0 aliphatic rings. The zero-order chi connectivity index (χ0) is 22.9. The van der Waals surface area contributed by atoms with Crippen molar-refractivity contribution >= 4 is 21.3 Å². The van der Waals surface area contributed by atoms with Gasteiger partial charge in [-0.15, -0.1) is 10.2 Å². The van der Waals surface area contributed by atoms with Crippen LogP contribution in [0.1, 0.15) is 18.5 Å². The van der Waals surface area contributed by atoms with Crippen LogP contribution in [0.3, 0.4) is 0 Å². The Bertz CT molecular complexity index is 1370. The second-order valence-electron chi connectivity index (χ2n) is 7.25. The normalized spacial score (nSPS) is 12.8. The van der Waals surface area contributed by atoms with E-state index < -0.39 is 15.7 Å². The number of nitrogens with one attached hydrogen (secondary N) is 1. The molecule has 0 aliphatic heterocycles. The SMILES string of the molecule is COc1ncc(F)cc1[C@@H](C)Nc1ccc2ncc(-c3cn(CCS(C)(=O)=O)nn3)n2n1. The molecule has 168 valence electrons. The summed E-state index contributed by atoms with van der Waals surface area (Å²) in [5, 5.41) is 15.9. The first-order valence-electron chi connectivity index (χ1n) is 9.62. The minimum absolute atomic E-state index is 0.0362. The standard InChI is InChI=1S/C19H21FN8O3S/c1-12(14-8-13(20)9-22-19(14)31-2)23-17-4-5-18-21-10-16(28(18)25-17)15-11-27(26-24-15)6-7-32(3,29)30/h4-5,8-12H,6-7H2,1-3H3,(H,23,25)/t12-/m1/s1. The van der Waals surface area contributed by atoms with Crippen LogP contribution in [0.5, 0.6) is 5.88 Å². The van der Waals surface area contributed by atoms with Crippen LogP contribution in [0.4, 0.5) is 10.2 Å². The second kappa shape index (κ2) is 8.49. The molecule has 0 unspecified atom stereocenters. The predicted molar refractivity (Wildman–Crippen MR) is 114 cm³/mol. The van der Waals surface area contributed by atoms with Crippen LogP contribution in [0, 0.1) is 5.82 Å². The van der Waals surface area contributed by atoms with Crippen LogP contribution < -0.4 is 10.1 Å². The van der Waals surface area contributed by atoms with E-state index in [4.69, 9.17) is 4.74 Å². The number of sulfone groups is 1. The molecule has 32 heavy (non-hydrogen) atoms. The van der Waals surface area contributed by atoms with Gasteiger partial charge in [-0.1, -0.05) is 5.21 Å². The molecule has 4 aromatic rings. The molecular formula is C19H21FN8O3S. The third-order valence-electron chi connectivity index (χ3n) is 4.72. The lowest BCUT2D eigenvalue weighted by molar-refractivity contribution is 0.388. The summed E-state index contributed by atoms with van der Waals surface area (Å²) in [6, 6.07) is 4.55. The van der Waals surface area contributed by atoms with Crippen LogP contribution >= 0.6 is 0 Å².